The third-order valence-electron chi connectivity index (χ3n) is 14.9. The van der Waals surface area contributed by atoms with Crippen LogP contribution < -0.4 is 28.9 Å². The van der Waals surface area contributed by atoms with E-state index < -0.39 is 115 Å². The number of halogens is 7. The molecule has 0 unspecified atom stereocenters. The third kappa shape index (κ3) is 22.0. The van der Waals surface area contributed by atoms with Gasteiger partial charge in [0, 0.05) is 44.3 Å². The molecule has 3 N–H and O–H groups in total. The molecule has 6 aromatic rings. The highest BCUT2D eigenvalue weighted by molar-refractivity contribution is 7.89. The Balaban J connectivity index is 0.000000213. The van der Waals surface area contributed by atoms with Gasteiger partial charge in [0.2, 0.25) is 47.8 Å². The molecule has 6 heterocycles. The van der Waals surface area contributed by atoms with E-state index in [2.05, 4.69) is 29.1 Å². The predicted octanol–water partition coefficient (Wildman–Crippen LogP) is 6.55. The van der Waals surface area contributed by atoms with E-state index >= 15 is 0 Å². The number of anilines is 3. The second-order valence-electron chi connectivity index (χ2n) is 22.7. The van der Waals surface area contributed by atoms with Gasteiger partial charge in [0.15, 0.2) is 13.2 Å². The Morgan fingerprint density at radius 1 is 0.495 bits per heavy atom. The van der Waals surface area contributed by atoms with Crippen molar-refractivity contribution in [3.05, 3.63) is 175 Å². The van der Waals surface area contributed by atoms with Gasteiger partial charge in [-0.2, -0.15) is 42.1 Å². The number of sulfonamides is 3. The lowest BCUT2D eigenvalue weighted by molar-refractivity contribution is -0.161. The number of nitrogens with zero attached hydrogens (tertiary/aromatic N) is 9. The van der Waals surface area contributed by atoms with Gasteiger partial charge in [0.1, 0.15) is 35.7 Å². The predicted molar refractivity (Wildman–Crippen MR) is 348 cm³/mol. The molecule has 534 valence electrons. The van der Waals surface area contributed by atoms with Crippen molar-refractivity contribution in [3.8, 4) is 18.2 Å². The lowest BCUT2D eigenvalue weighted by Gasteiger charge is -2.39. The van der Waals surface area contributed by atoms with Gasteiger partial charge in [0.25, 0.3) is 0 Å². The van der Waals surface area contributed by atoms with E-state index in [1.165, 1.54) is 54.0 Å². The molecule has 3 fully saturated rings. The van der Waals surface area contributed by atoms with Crippen LogP contribution in [0.1, 0.15) is 95.4 Å². The van der Waals surface area contributed by atoms with Crippen molar-refractivity contribution in [1.82, 2.24) is 29.1 Å². The topological polar surface area (TPSA) is 388 Å². The average molecular weight is 1480 g/mol. The van der Waals surface area contributed by atoms with Crippen molar-refractivity contribution in [2.75, 3.05) is 73.8 Å². The van der Waals surface area contributed by atoms with E-state index in [1.54, 1.807) is 72.5 Å². The number of hydrogen-bond acceptors (Lipinski definition) is 24. The zero-order chi connectivity index (χ0) is 74.4. The second-order valence-corrected chi connectivity index (χ2v) is 28.3. The van der Waals surface area contributed by atoms with Crippen LogP contribution >= 0.6 is 11.6 Å². The molecule has 3 amide bonds. The number of pyridine rings is 3. The number of carbonyl (C=O) groups is 6. The van der Waals surface area contributed by atoms with E-state index in [-0.39, 0.29) is 114 Å². The molecule has 3 aromatic carbocycles. The summed E-state index contributed by atoms with van der Waals surface area (Å²) in [5.74, 6) is -7.49. The van der Waals surface area contributed by atoms with E-state index in [9.17, 15) is 96.1 Å². The maximum atomic E-state index is 12.4. The summed E-state index contributed by atoms with van der Waals surface area (Å²) < 4.78 is 167. The summed E-state index contributed by atoms with van der Waals surface area (Å²) in [6.45, 7) is 3.57. The van der Waals surface area contributed by atoms with Gasteiger partial charge >= 0.3 is 30.3 Å². The second kappa shape index (κ2) is 33.1. The summed E-state index contributed by atoms with van der Waals surface area (Å²) in [5, 5.41) is 28.8. The highest BCUT2D eigenvalue weighted by Crippen LogP contribution is 2.33. The first-order chi connectivity index (χ1) is 47.4. The number of alkyl halides is 6. The quantitative estimate of drug-likeness (QED) is 0.0368. The van der Waals surface area contributed by atoms with Gasteiger partial charge < -0.3 is 28.9 Å². The number of amides is 3. The monoisotopic (exact) mass is 1480 g/mol. The molecule has 0 spiro atoms. The van der Waals surface area contributed by atoms with Crippen molar-refractivity contribution in [1.29, 1.82) is 15.8 Å². The minimum absolute atomic E-state index is 0.0321. The zero-order valence-corrected chi connectivity index (χ0v) is 57.0. The third-order valence-corrected chi connectivity index (χ3v) is 18.9. The summed E-state index contributed by atoms with van der Waals surface area (Å²) in [6, 6.07) is 32.3. The first-order valence-corrected chi connectivity index (χ1v) is 35.4. The highest BCUT2D eigenvalue weighted by Gasteiger charge is 2.41. The number of nitriles is 3. The fourth-order valence-electron chi connectivity index (χ4n) is 9.87. The van der Waals surface area contributed by atoms with E-state index in [4.69, 9.17) is 16.3 Å². The highest BCUT2D eigenvalue weighted by atomic mass is 35.5. The molecule has 27 nitrogen and oxygen atoms in total. The molecule has 3 aliphatic heterocycles. The molecule has 0 aliphatic carbocycles. The van der Waals surface area contributed by atoms with Crippen LogP contribution in [0.4, 0.5) is 43.8 Å². The molecular formula is C64H61ClF6N12O15S3. The van der Waals surface area contributed by atoms with Gasteiger partial charge in [-0.15, -0.1) is 0 Å². The largest absolute Gasteiger partial charge is 0.462 e. The van der Waals surface area contributed by atoms with Crippen LogP contribution in [0.15, 0.2) is 103 Å². The molecule has 37 heteroatoms. The number of hydrogen-bond donors (Lipinski definition) is 3. The van der Waals surface area contributed by atoms with Crippen molar-refractivity contribution in [2.45, 2.75) is 63.7 Å². The van der Waals surface area contributed by atoms with Crippen molar-refractivity contribution in [2.24, 2.45) is 17.8 Å². The Morgan fingerprint density at radius 2 is 0.802 bits per heavy atom. The molecule has 0 saturated carbocycles. The van der Waals surface area contributed by atoms with Gasteiger partial charge in [0.05, 0.1) is 92.1 Å². The number of aryl methyl sites for hydroxylation is 3. The number of rotatable bonds is 22. The minimum atomic E-state index is -4.70. The summed E-state index contributed by atoms with van der Waals surface area (Å²) in [6.07, 6.45) is -8.94. The Kier molecular flexibility index (Phi) is 25.5. The van der Waals surface area contributed by atoms with Crippen LogP contribution in [0.25, 0.3) is 0 Å². The lowest BCUT2D eigenvalue weighted by Crippen LogP contribution is -2.55. The van der Waals surface area contributed by atoms with Gasteiger partial charge in [-0.1, -0.05) is 91.3 Å². The number of aromatic nitrogens is 3. The Hall–Kier alpha value is -10.5. The van der Waals surface area contributed by atoms with Crippen LogP contribution in [0.2, 0.25) is 5.02 Å². The first kappa shape index (κ1) is 77.9. The number of nitrogens with one attached hydrogen (secondary N) is 3. The van der Waals surface area contributed by atoms with Crippen LogP contribution in [0, 0.1) is 65.6 Å². The normalized spacial score (nSPS) is 14.0. The summed E-state index contributed by atoms with van der Waals surface area (Å²) >= 11 is 5.77. The molecule has 3 aliphatic rings. The molecule has 9 rings (SSSR count). The summed E-state index contributed by atoms with van der Waals surface area (Å²) in [5.41, 5.74) is 1.77. The van der Waals surface area contributed by atoms with E-state index in [0.717, 1.165) is 12.1 Å². The zero-order valence-electron chi connectivity index (χ0n) is 53.8. The summed E-state index contributed by atoms with van der Waals surface area (Å²) in [4.78, 5) is 90.8. The SMILES string of the molecule is CCOC(=O)c1cc(C#N)c(N2CC(C(=O)NS(=O)(=O)Cc3ccccc3)C2)nc1CC.Cc1nc(N2CC(C(=O)NS(=O)(=O)Cc3ccc(Cl)cc3)C2)c(C#N)cc1C(=O)OCC(F)(F)F.Cc1nc(N2CC(C(=O)NS(=O)(=O)Cc3ccccc3)C2)c(C#N)cc1C(=O)OCC(F)(F)F. The standard InChI is InChI=1S/C22H24N4O5S.C21H18ClF3N4O5S.C21H19F3N4O5S/c1-3-19-18(22(28)31-4-2)10-16(11-23)20(24-19)26-12-17(13-26)21(27)25-32(29,30)14-15-8-6-5-7-9-15;1-12-17(20(31)34-11-21(23,24)25)6-14(7-26)18(27-12)29-8-15(9-29)19(30)28-35(32,33)10-13-2-4-16(22)5-3-13;1-13-17(20(30)33-12-21(22,23)24)7-15(8-25)18(26-13)28-9-16(10-28)19(29)27-34(31,32)11-14-5-3-2-4-6-14/h5-10,17H,3-4,12-14H2,1-2H3,(H,25,27);2-6,15H,8-11H2,1H3,(H,28,30);2-7,16H,9-12H2,1H3,(H,27,29). The average Bonchev–Trinajstić information content (AvgIpc) is 0.730. The van der Waals surface area contributed by atoms with Crippen LogP contribution in [-0.4, -0.2) is 147 Å². The molecular weight excluding hydrogens is 1420 g/mol. The summed E-state index contributed by atoms with van der Waals surface area (Å²) in [7, 11) is -11.7. The smallest absolute Gasteiger partial charge is 0.422 e. The Bertz CT molecular complexity index is 4600. The van der Waals surface area contributed by atoms with Crippen LogP contribution in [0.5, 0.6) is 0 Å². The van der Waals surface area contributed by atoms with Gasteiger partial charge in [-0.25, -0.2) is 54.6 Å². The van der Waals surface area contributed by atoms with Gasteiger partial charge in [-0.3, -0.25) is 28.5 Å². The molecule has 3 aromatic heterocycles. The lowest BCUT2D eigenvalue weighted by atomic mass is 9.98. The van der Waals surface area contributed by atoms with Crippen LogP contribution in [0.3, 0.4) is 0 Å². The van der Waals surface area contributed by atoms with E-state index in [1.807, 2.05) is 34.6 Å². The molecule has 0 radical (unpaired) electrons. The van der Waals surface area contributed by atoms with Crippen molar-refractivity contribution >= 4 is 94.8 Å². The number of esters is 3. The fraction of sp³-hybridized carbons (Fsp3) is 0.344. The van der Waals surface area contributed by atoms with Crippen molar-refractivity contribution in [3.63, 3.8) is 0 Å². The first-order valence-electron chi connectivity index (χ1n) is 30.1. The molecule has 3 saturated heterocycles. The number of carbonyl (C=O) groups excluding carboxylic acids is 6. The van der Waals surface area contributed by atoms with Gasteiger partial charge in [-0.05, 0) is 74.2 Å². The Morgan fingerprint density at radius 3 is 1.11 bits per heavy atom. The molecule has 0 atom stereocenters. The number of benzene rings is 3. The molecule has 0 bridgehead atoms. The Labute approximate surface area is 580 Å². The van der Waals surface area contributed by atoms with Crippen LogP contribution in [-0.2, 0) is 82.3 Å². The minimum Gasteiger partial charge on any atom is -0.462 e. The maximum absolute atomic E-state index is 12.4. The fourth-order valence-corrected chi connectivity index (χ4v) is 13.5. The van der Waals surface area contributed by atoms with Crippen molar-refractivity contribution < 1.29 is 94.6 Å². The molecule has 101 heavy (non-hydrogen) atoms. The number of ether oxygens (including phenoxy) is 3. The van der Waals surface area contributed by atoms with E-state index in [0.29, 0.717) is 39.6 Å². The maximum Gasteiger partial charge on any atom is 0.422 e.